The molecule has 0 amide bonds. The zero-order valence-electron chi connectivity index (χ0n) is 47.9. The minimum absolute atomic E-state index is 0.786. The standard InChI is InChI=1S/C47H96O11Si12/c1-59(2,42-39-45-33-27-24-28-34-45)48-61(5,6)50-63(9,10)51-64(11,12)52-65(13,14)53-66(15,16)54-67(17,18)55-68(19,20)56-69(21,22)58-70(23,44-41-47-37-31-26-32-38-47)57-62(7,8)49-60(3,4)43-40-46-35-29-25-30-36-46/h24-38H,39-44H2,1-23H3. The van der Waals surface area contributed by atoms with Crippen molar-refractivity contribution >= 4 is 102 Å². The Morgan fingerprint density at radius 3 is 0.657 bits per heavy atom. The van der Waals surface area contributed by atoms with E-state index in [4.69, 9.17) is 45.3 Å². The van der Waals surface area contributed by atoms with Gasteiger partial charge >= 0.3 is 85.6 Å². The summed E-state index contributed by atoms with van der Waals surface area (Å²) in [6, 6.07) is 34.8. The molecule has 0 aromatic heterocycles. The molecule has 0 fully saturated rings. The summed E-state index contributed by atoms with van der Waals surface area (Å²) in [5.74, 6) is 0. The zero-order valence-corrected chi connectivity index (χ0v) is 59.9. The van der Waals surface area contributed by atoms with Crippen LogP contribution in [0, 0.1) is 0 Å². The quantitative estimate of drug-likeness (QED) is 0.0576. The molecule has 11 nitrogen and oxygen atoms in total. The molecule has 0 aliphatic carbocycles. The van der Waals surface area contributed by atoms with Gasteiger partial charge in [0.1, 0.15) is 0 Å². The molecule has 0 aliphatic heterocycles. The fourth-order valence-electron chi connectivity index (χ4n) is 10.1. The van der Waals surface area contributed by atoms with Crippen LogP contribution >= 0.6 is 0 Å². The van der Waals surface area contributed by atoms with Gasteiger partial charge in [-0.15, -0.1) is 0 Å². The van der Waals surface area contributed by atoms with E-state index in [1.807, 2.05) is 0 Å². The summed E-state index contributed by atoms with van der Waals surface area (Å²) in [7, 11) is -31.6. The lowest BCUT2D eigenvalue weighted by Crippen LogP contribution is -2.63. The topological polar surface area (TPSA) is 102 Å². The highest BCUT2D eigenvalue weighted by molar-refractivity contribution is 6.94. The van der Waals surface area contributed by atoms with Crippen LogP contribution in [0.3, 0.4) is 0 Å². The first-order chi connectivity index (χ1) is 31.5. The summed E-state index contributed by atoms with van der Waals surface area (Å²) in [4.78, 5) is 0. The van der Waals surface area contributed by atoms with Crippen molar-refractivity contribution in [1.29, 1.82) is 0 Å². The SMILES string of the molecule is C[Si](C)(CCc1ccccc1)O[Si](C)(C)O[Si](C)(C)O[Si](C)(C)O[Si](C)(C)O[Si](C)(C)O[Si](C)(C)O[Si](C)(C)O[Si](C)(C)O[Si](C)(CCc1ccccc1)O[Si](C)(C)O[Si](C)(C)CCc1ccccc1. The molecular formula is C47H96O11Si12. The van der Waals surface area contributed by atoms with Crippen LogP contribution in [0.25, 0.3) is 0 Å². The maximum Gasteiger partial charge on any atom is 0.317 e. The molecule has 1 unspecified atom stereocenters. The van der Waals surface area contributed by atoms with Gasteiger partial charge in [0.25, 0.3) is 0 Å². The number of rotatable bonds is 31. The van der Waals surface area contributed by atoms with Crippen LogP contribution in [-0.4, -0.2) is 102 Å². The van der Waals surface area contributed by atoms with Crippen molar-refractivity contribution in [3.05, 3.63) is 108 Å². The van der Waals surface area contributed by atoms with Crippen LogP contribution < -0.4 is 0 Å². The Labute approximate surface area is 440 Å². The Kier molecular flexibility index (Phi) is 22.8. The molecule has 0 saturated carbocycles. The van der Waals surface area contributed by atoms with Gasteiger partial charge in [-0.2, -0.15) is 0 Å². The average molecular weight is 1170 g/mol. The predicted molar refractivity (Wildman–Crippen MR) is 321 cm³/mol. The lowest BCUT2D eigenvalue weighted by atomic mass is 10.2. The maximum atomic E-state index is 7.29. The van der Waals surface area contributed by atoms with Gasteiger partial charge in [0, 0.05) is 0 Å². The number of hydrogen-bond acceptors (Lipinski definition) is 11. The van der Waals surface area contributed by atoms with Crippen molar-refractivity contribution in [3.8, 4) is 0 Å². The van der Waals surface area contributed by atoms with Gasteiger partial charge in [0.2, 0.25) is 0 Å². The molecule has 3 rings (SSSR count). The van der Waals surface area contributed by atoms with Crippen molar-refractivity contribution in [1.82, 2.24) is 0 Å². The van der Waals surface area contributed by atoms with Crippen molar-refractivity contribution in [2.45, 2.75) is 188 Å². The Bertz CT molecular complexity index is 2040. The first-order valence-corrected chi connectivity index (χ1v) is 59.4. The van der Waals surface area contributed by atoms with Crippen LogP contribution in [0.2, 0.25) is 169 Å². The molecule has 0 radical (unpaired) electrons. The fourth-order valence-corrected chi connectivity index (χ4v) is 71.8. The van der Waals surface area contributed by atoms with Gasteiger partial charge in [0.05, 0.1) is 0 Å². The van der Waals surface area contributed by atoms with E-state index in [9.17, 15) is 0 Å². The molecule has 398 valence electrons. The fraction of sp³-hybridized carbons (Fsp3) is 0.617. The first kappa shape index (κ1) is 64.1. The highest BCUT2D eigenvalue weighted by Crippen LogP contribution is 2.34. The van der Waals surface area contributed by atoms with Gasteiger partial charge in [-0.05, 0) is 205 Å². The number of hydrogen-bond donors (Lipinski definition) is 0. The lowest BCUT2D eigenvalue weighted by Gasteiger charge is -2.45. The van der Waals surface area contributed by atoms with E-state index in [1.54, 1.807) is 0 Å². The van der Waals surface area contributed by atoms with Gasteiger partial charge in [-0.25, -0.2) is 0 Å². The van der Waals surface area contributed by atoms with Crippen LogP contribution in [-0.2, 0) is 64.5 Å². The van der Waals surface area contributed by atoms with E-state index < -0.39 is 102 Å². The van der Waals surface area contributed by atoms with E-state index in [1.165, 1.54) is 16.7 Å². The zero-order chi connectivity index (χ0) is 53.4. The molecule has 0 aliphatic rings. The van der Waals surface area contributed by atoms with Gasteiger partial charge in [0.15, 0.2) is 16.6 Å². The molecular weight excluding hydrogens is 1080 g/mol. The normalized spacial score (nSPS) is 15.3. The summed E-state index contributed by atoms with van der Waals surface area (Å²) >= 11 is 0. The Morgan fingerprint density at radius 1 is 0.229 bits per heavy atom. The molecule has 0 heterocycles. The van der Waals surface area contributed by atoms with Crippen molar-refractivity contribution < 1.29 is 45.3 Å². The molecule has 3 aromatic carbocycles. The van der Waals surface area contributed by atoms with E-state index >= 15 is 0 Å². The average Bonchev–Trinajstić information content (AvgIpc) is 3.12. The molecule has 1 atom stereocenters. The summed E-state index contributed by atoms with van der Waals surface area (Å²) in [5.41, 5.74) is 3.95. The molecule has 0 spiro atoms. The van der Waals surface area contributed by atoms with E-state index in [-0.39, 0.29) is 0 Å². The Morgan fingerprint density at radius 2 is 0.414 bits per heavy atom. The van der Waals surface area contributed by atoms with E-state index in [2.05, 4.69) is 242 Å². The second-order valence-electron chi connectivity index (χ2n) is 24.3. The van der Waals surface area contributed by atoms with E-state index in [0.29, 0.717) is 0 Å². The third-order valence-electron chi connectivity index (χ3n) is 10.8. The summed E-state index contributed by atoms with van der Waals surface area (Å²) < 4.78 is 77.3. The molecule has 3 aromatic rings. The first-order valence-electron chi connectivity index (χ1n) is 25.3. The minimum atomic E-state index is -2.88. The number of aryl methyl sites for hydroxylation is 3. The van der Waals surface area contributed by atoms with Crippen molar-refractivity contribution in [2.75, 3.05) is 0 Å². The van der Waals surface area contributed by atoms with Gasteiger partial charge in [-0.3, -0.25) is 0 Å². The summed E-state index contributed by atoms with van der Waals surface area (Å²) in [6.45, 7) is 49.6. The predicted octanol–water partition coefficient (Wildman–Crippen LogP) is 14.7. The van der Waals surface area contributed by atoms with Crippen LogP contribution in [0.4, 0.5) is 0 Å². The highest BCUT2D eigenvalue weighted by Gasteiger charge is 2.52. The second-order valence-corrected chi connectivity index (χ2v) is 69.3. The maximum absolute atomic E-state index is 7.29. The minimum Gasteiger partial charge on any atom is -0.436 e. The molecule has 0 bridgehead atoms. The van der Waals surface area contributed by atoms with Crippen LogP contribution in [0.1, 0.15) is 16.7 Å². The second kappa shape index (κ2) is 24.9. The Hall–Kier alpha value is -0.177. The molecule has 70 heavy (non-hydrogen) atoms. The molecule has 0 saturated heterocycles. The smallest absolute Gasteiger partial charge is 0.317 e. The monoisotopic (exact) mass is 1170 g/mol. The van der Waals surface area contributed by atoms with Gasteiger partial charge in [-0.1, -0.05) is 91.0 Å². The number of benzene rings is 3. The van der Waals surface area contributed by atoms with Crippen molar-refractivity contribution in [2.24, 2.45) is 0 Å². The Balaban J connectivity index is 1.66. The largest absolute Gasteiger partial charge is 0.436 e. The third kappa shape index (κ3) is 26.0. The molecule has 23 heteroatoms. The summed E-state index contributed by atoms with van der Waals surface area (Å²) in [6.07, 6.45) is 2.86. The van der Waals surface area contributed by atoms with Crippen molar-refractivity contribution in [3.63, 3.8) is 0 Å². The molecule has 0 N–H and O–H groups in total. The van der Waals surface area contributed by atoms with Crippen LogP contribution in [0.15, 0.2) is 91.0 Å². The van der Waals surface area contributed by atoms with E-state index in [0.717, 1.165) is 37.4 Å². The third-order valence-corrected chi connectivity index (χ3v) is 58.2. The van der Waals surface area contributed by atoms with Crippen LogP contribution in [0.5, 0.6) is 0 Å². The lowest BCUT2D eigenvalue weighted by molar-refractivity contribution is 0.252. The van der Waals surface area contributed by atoms with Gasteiger partial charge < -0.3 is 45.3 Å². The summed E-state index contributed by atoms with van der Waals surface area (Å²) in [5, 5.41) is 0. The highest BCUT2D eigenvalue weighted by atomic mass is 28.5.